The average Bonchev–Trinajstić information content (AvgIpc) is 2.61. The summed E-state index contributed by atoms with van der Waals surface area (Å²) in [6.45, 7) is 2.15. The maximum atomic E-state index is 12.7. The van der Waals surface area contributed by atoms with E-state index in [0.717, 1.165) is 12.0 Å². The highest BCUT2D eigenvalue weighted by atomic mass is 19.1. The Balaban J connectivity index is 1.70. The Hall–Kier alpha value is -2.89. The van der Waals surface area contributed by atoms with Gasteiger partial charge >= 0.3 is 0 Å². The van der Waals surface area contributed by atoms with Crippen molar-refractivity contribution in [3.8, 4) is 5.75 Å². The molecule has 6 heteroatoms. The summed E-state index contributed by atoms with van der Waals surface area (Å²) in [7, 11) is 0. The summed E-state index contributed by atoms with van der Waals surface area (Å²) in [6, 6.07) is 12.7. The lowest BCUT2D eigenvalue weighted by Gasteiger charge is -2.09. The number of rotatable bonds is 6. The van der Waals surface area contributed by atoms with Crippen LogP contribution in [0.2, 0.25) is 0 Å². The van der Waals surface area contributed by atoms with Crippen LogP contribution in [0.25, 0.3) is 0 Å². The van der Waals surface area contributed by atoms with Gasteiger partial charge in [-0.3, -0.25) is 20.4 Å². The van der Waals surface area contributed by atoms with Gasteiger partial charge in [0.1, 0.15) is 11.6 Å². The Kier molecular flexibility index (Phi) is 6.31. The molecule has 0 aliphatic heterocycles. The fourth-order valence-corrected chi connectivity index (χ4v) is 1.95. The van der Waals surface area contributed by atoms with E-state index in [2.05, 4.69) is 10.9 Å². The summed E-state index contributed by atoms with van der Waals surface area (Å²) < 4.78 is 18.0. The number of aryl methyl sites for hydroxylation is 1. The zero-order chi connectivity index (χ0) is 17.4. The van der Waals surface area contributed by atoms with Crippen molar-refractivity contribution < 1.29 is 18.7 Å². The van der Waals surface area contributed by atoms with Gasteiger partial charge in [0.15, 0.2) is 0 Å². The monoisotopic (exact) mass is 330 g/mol. The van der Waals surface area contributed by atoms with Crippen LogP contribution in [-0.2, 0) is 11.2 Å². The van der Waals surface area contributed by atoms with Crippen LogP contribution in [-0.4, -0.2) is 18.4 Å². The van der Waals surface area contributed by atoms with E-state index in [-0.39, 0.29) is 30.7 Å². The Morgan fingerprint density at radius 2 is 1.67 bits per heavy atom. The van der Waals surface area contributed by atoms with Gasteiger partial charge in [-0.15, -0.1) is 0 Å². The molecule has 0 saturated heterocycles. The van der Waals surface area contributed by atoms with Crippen molar-refractivity contribution in [3.63, 3.8) is 0 Å². The van der Waals surface area contributed by atoms with Gasteiger partial charge in [-0.25, -0.2) is 4.39 Å². The van der Waals surface area contributed by atoms with E-state index in [9.17, 15) is 14.0 Å². The molecule has 0 spiro atoms. The summed E-state index contributed by atoms with van der Waals surface area (Å²) in [5.41, 5.74) is 6.28. The zero-order valence-electron chi connectivity index (χ0n) is 13.3. The van der Waals surface area contributed by atoms with Crippen LogP contribution in [0.3, 0.4) is 0 Å². The predicted molar refractivity (Wildman–Crippen MR) is 87.9 cm³/mol. The van der Waals surface area contributed by atoms with Crippen molar-refractivity contribution in [2.45, 2.75) is 19.8 Å². The molecule has 0 aliphatic carbocycles. The molecule has 0 fully saturated rings. The van der Waals surface area contributed by atoms with Crippen molar-refractivity contribution in [3.05, 3.63) is 65.5 Å². The predicted octanol–water partition coefficient (Wildman–Crippen LogP) is 2.62. The van der Waals surface area contributed by atoms with E-state index in [1.54, 1.807) is 12.1 Å². The highest BCUT2D eigenvalue weighted by Crippen LogP contribution is 2.11. The third-order valence-electron chi connectivity index (χ3n) is 3.35. The van der Waals surface area contributed by atoms with E-state index in [1.807, 2.05) is 19.1 Å². The second-order valence-corrected chi connectivity index (χ2v) is 5.11. The van der Waals surface area contributed by atoms with E-state index < -0.39 is 0 Å². The molecule has 0 unspecified atom stereocenters. The smallest absolute Gasteiger partial charge is 0.269 e. The first-order chi connectivity index (χ1) is 11.6. The Bertz CT molecular complexity index is 684. The topological polar surface area (TPSA) is 67.4 Å². The lowest BCUT2D eigenvalue weighted by atomic mass is 10.1. The normalized spacial score (nSPS) is 10.1. The molecule has 126 valence electrons. The number of carbonyl (C=O) groups excluding carboxylic acids is 2. The summed E-state index contributed by atoms with van der Waals surface area (Å²) in [4.78, 5) is 23.5. The minimum absolute atomic E-state index is 0.0619. The first-order valence-electron chi connectivity index (χ1n) is 7.65. The number of ether oxygens (including phenoxy) is 1. The van der Waals surface area contributed by atoms with Crippen molar-refractivity contribution in [2.24, 2.45) is 0 Å². The Morgan fingerprint density at radius 1 is 1.00 bits per heavy atom. The van der Waals surface area contributed by atoms with Gasteiger partial charge in [0.2, 0.25) is 5.91 Å². The number of hydrogen-bond donors (Lipinski definition) is 2. The Labute approximate surface area is 139 Å². The van der Waals surface area contributed by atoms with Gasteiger partial charge in [-0.2, -0.15) is 0 Å². The lowest BCUT2D eigenvalue weighted by Crippen LogP contribution is -2.42. The minimum atomic E-state index is -0.384. The summed E-state index contributed by atoms with van der Waals surface area (Å²) >= 11 is 0. The number of amides is 2. The molecule has 0 atom stereocenters. The number of carbonyl (C=O) groups is 2. The van der Waals surface area contributed by atoms with Crippen LogP contribution in [0.4, 0.5) is 4.39 Å². The average molecular weight is 330 g/mol. The summed E-state index contributed by atoms with van der Waals surface area (Å²) in [6.07, 6.45) is 0.957. The van der Waals surface area contributed by atoms with Gasteiger partial charge < -0.3 is 4.74 Å². The van der Waals surface area contributed by atoms with Crippen molar-refractivity contribution in [2.75, 3.05) is 6.61 Å². The van der Waals surface area contributed by atoms with E-state index in [4.69, 9.17) is 4.74 Å². The molecule has 0 heterocycles. The molecule has 5 nitrogen and oxygen atoms in total. The van der Waals surface area contributed by atoms with Crippen LogP contribution in [0, 0.1) is 5.82 Å². The minimum Gasteiger partial charge on any atom is -0.493 e. The SMILES string of the molecule is CCc1ccc(C(=O)NNC(=O)CCOc2ccc(F)cc2)cc1. The fraction of sp³-hybridized carbons (Fsp3) is 0.222. The van der Waals surface area contributed by atoms with Crippen molar-refractivity contribution >= 4 is 11.8 Å². The van der Waals surface area contributed by atoms with Gasteiger partial charge in [-0.1, -0.05) is 19.1 Å². The Morgan fingerprint density at radius 3 is 2.29 bits per heavy atom. The third-order valence-corrected chi connectivity index (χ3v) is 3.35. The first-order valence-corrected chi connectivity index (χ1v) is 7.65. The summed E-state index contributed by atoms with van der Waals surface area (Å²) in [5, 5.41) is 0. The molecule has 0 aliphatic rings. The number of benzene rings is 2. The largest absolute Gasteiger partial charge is 0.493 e. The molecule has 2 aromatic rings. The fourth-order valence-electron chi connectivity index (χ4n) is 1.95. The highest BCUT2D eigenvalue weighted by Gasteiger charge is 2.07. The highest BCUT2D eigenvalue weighted by molar-refractivity contribution is 5.95. The van der Waals surface area contributed by atoms with Crippen LogP contribution < -0.4 is 15.6 Å². The van der Waals surface area contributed by atoms with Crippen molar-refractivity contribution in [1.82, 2.24) is 10.9 Å². The molecule has 24 heavy (non-hydrogen) atoms. The molecule has 0 radical (unpaired) electrons. The summed E-state index contributed by atoms with van der Waals surface area (Å²) in [5.74, 6) is -0.639. The number of hydrazine groups is 1. The van der Waals surface area contributed by atoms with Crippen LogP contribution in [0.5, 0.6) is 5.75 Å². The van der Waals surface area contributed by atoms with Crippen LogP contribution >= 0.6 is 0 Å². The first kappa shape index (κ1) is 17.5. The molecule has 2 N–H and O–H groups in total. The lowest BCUT2D eigenvalue weighted by molar-refractivity contribution is -0.122. The maximum absolute atomic E-state index is 12.7. The molecule has 2 rings (SSSR count). The quantitative estimate of drug-likeness (QED) is 0.800. The molecule has 0 bridgehead atoms. The van der Waals surface area contributed by atoms with E-state index in [1.165, 1.54) is 24.3 Å². The zero-order valence-corrected chi connectivity index (χ0v) is 13.3. The maximum Gasteiger partial charge on any atom is 0.269 e. The van der Waals surface area contributed by atoms with Gasteiger partial charge in [0.25, 0.3) is 5.91 Å². The molecular formula is C18H19FN2O3. The molecular weight excluding hydrogens is 311 g/mol. The van der Waals surface area contributed by atoms with Crippen molar-refractivity contribution in [1.29, 1.82) is 0 Å². The van der Waals surface area contributed by atoms with Gasteiger partial charge in [-0.05, 0) is 48.4 Å². The van der Waals surface area contributed by atoms with E-state index in [0.29, 0.717) is 11.3 Å². The molecule has 0 saturated carbocycles. The molecule has 2 amide bonds. The third kappa shape index (κ3) is 5.39. The second kappa shape index (κ2) is 8.67. The molecule has 2 aromatic carbocycles. The molecule has 0 aromatic heterocycles. The number of hydrogen-bond acceptors (Lipinski definition) is 3. The van der Waals surface area contributed by atoms with Crippen LogP contribution in [0.1, 0.15) is 29.3 Å². The van der Waals surface area contributed by atoms with Gasteiger partial charge in [0, 0.05) is 5.56 Å². The van der Waals surface area contributed by atoms with E-state index >= 15 is 0 Å². The number of nitrogens with one attached hydrogen (secondary N) is 2. The van der Waals surface area contributed by atoms with Crippen LogP contribution in [0.15, 0.2) is 48.5 Å². The standard InChI is InChI=1S/C18H19FN2O3/c1-2-13-3-5-14(6-4-13)18(23)21-20-17(22)11-12-24-16-9-7-15(19)8-10-16/h3-10H,2,11-12H2,1H3,(H,20,22)(H,21,23). The van der Waals surface area contributed by atoms with Gasteiger partial charge in [0.05, 0.1) is 13.0 Å². The number of halogens is 1. The second-order valence-electron chi connectivity index (χ2n) is 5.11.